The van der Waals surface area contributed by atoms with Crippen molar-refractivity contribution < 1.29 is 19.0 Å². The van der Waals surface area contributed by atoms with Crippen molar-refractivity contribution in [2.75, 3.05) is 19.5 Å². The second-order valence-electron chi connectivity index (χ2n) is 11.9. The number of benzene rings is 1. The van der Waals surface area contributed by atoms with Crippen LogP contribution in [0.15, 0.2) is 24.3 Å². The van der Waals surface area contributed by atoms with Gasteiger partial charge in [0.1, 0.15) is 17.6 Å². The van der Waals surface area contributed by atoms with Crippen LogP contribution in [0, 0.1) is 28.6 Å². The Morgan fingerprint density at radius 3 is 2.70 bits per heavy atom. The van der Waals surface area contributed by atoms with E-state index < -0.39 is 0 Å². The topological polar surface area (TPSA) is 69.7 Å². The largest absolute Gasteiger partial charge is 0.497 e. The molecule has 0 radical (unpaired) electrons. The molecule has 6 rings (SSSR count). The van der Waals surface area contributed by atoms with Crippen LogP contribution in [0.3, 0.4) is 0 Å². The molecule has 2 fully saturated rings. The van der Waals surface area contributed by atoms with E-state index in [2.05, 4.69) is 25.2 Å². The molecule has 198 valence electrons. The number of aryl methyl sites for hydroxylation is 1. The third-order valence-electron chi connectivity index (χ3n) is 10.2. The van der Waals surface area contributed by atoms with Gasteiger partial charge in [-0.15, -0.1) is 0 Å². The van der Waals surface area contributed by atoms with Gasteiger partial charge in [-0.2, -0.15) is 0 Å². The minimum absolute atomic E-state index is 0.0795. The summed E-state index contributed by atoms with van der Waals surface area (Å²) < 4.78 is 16.8. The molecule has 0 bridgehead atoms. The van der Waals surface area contributed by atoms with Gasteiger partial charge in [0.2, 0.25) is 0 Å². The van der Waals surface area contributed by atoms with Crippen LogP contribution in [0.4, 0.5) is 10.8 Å². The summed E-state index contributed by atoms with van der Waals surface area (Å²) in [5.41, 5.74) is 3.88. The molecule has 1 aromatic carbocycles. The van der Waals surface area contributed by atoms with Crippen molar-refractivity contribution in [2.45, 2.75) is 71.8 Å². The number of esters is 1. The molecule has 0 amide bonds. The average Bonchev–Trinajstić information content (AvgIpc) is 3.43. The number of methoxy groups -OCH3 is 2. The van der Waals surface area contributed by atoms with E-state index in [0.29, 0.717) is 17.8 Å². The zero-order valence-corrected chi connectivity index (χ0v) is 23.4. The molecule has 6 atom stereocenters. The van der Waals surface area contributed by atoms with Crippen LogP contribution in [-0.4, -0.2) is 31.3 Å². The Balaban J connectivity index is 1.29. The predicted octanol–water partition coefficient (Wildman–Crippen LogP) is 7.02. The minimum Gasteiger partial charge on any atom is -0.497 e. The summed E-state index contributed by atoms with van der Waals surface area (Å²) in [7, 11) is 3.36. The highest BCUT2D eigenvalue weighted by atomic mass is 32.1. The molecule has 6 nitrogen and oxygen atoms in total. The molecule has 1 heterocycles. The van der Waals surface area contributed by atoms with Crippen LogP contribution in [0.1, 0.15) is 69.9 Å². The van der Waals surface area contributed by atoms with Gasteiger partial charge in [-0.3, -0.25) is 4.79 Å². The third-order valence-corrected chi connectivity index (χ3v) is 11.2. The number of carbonyl (C=O) groups is 1. The number of ether oxygens (including phenoxy) is 3. The van der Waals surface area contributed by atoms with Gasteiger partial charge in [-0.05, 0) is 85.8 Å². The lowest BCUT2D eigenvalue weighted by molar-refractivity contribution is -0.156. The Kier molecular flexibility index (Phi) is 6.05. The van der Waals surface area contributed by atoms with Gasteiger partial charge in [-0.25, -0.2) is 4.98 Å². The van der Waals surface area contributed by atoms with E-state index in [1.807, 2.05) is 18.2 Å². The fraction of sp³-hybridized carbons (Fsp3) is 0.600. The quantitative estimate of drug-likeness (QED) is 0.426. The first-order chi connectivity index (χ1) is 17.8. The fourth-order valence-electron chi connectivity index (χ4n) is 8.30. The van der Waals surface area contributed by atoms with Gasteiger partial charge in [0, 0.05) is 18.4 Å². The predicted molar refractivity (Wildman–Crippen MR) is 147 cm³/mol. The molecular weight excluding hydrogens is 484 g/mol. The summed E-state index contributed by atoms with van der Waals surface area (Å²) in [5, 5.41) is 4.41. The lowest BCUT2D eigenvalue weighted by atomic mass is 9.48. The van der Waals surface area contributed by atoms with Crippen LogP contribution < -0.4 is 14.8 Å². The Hall–Kier alpha value is -2.54. The van der Waals surface area contributed by atoms with Gasteiger partial charge in [-0.1, -0.05) is 31.3 Å². The molecule has 4 aliphatic rings. The Morgan fingerprint density at radius 1 is 1.11 bits per heavy atom. The first-order valence-electron chi connectivity index (χ1n) is 13.6. The van der Waals surface area contributed by atoms with Crippen molar-refractivity contribution in [1.82, 2.24) is 4.98 Å². The van der Waals surface area contributed by atoms with Crippen molar-refractivity contribution in [3.63, 3.8) is 0 Å². The molecule has 1 aromatic heterocycles. The highest BCUT2D eigenvalue weighted by Gasteiger charge is 2.59. The van der Waals surface area contributed by atoms with Crippen LogP contribution in [0.2, 0.25) is 0 Å². The zero-order chi connectivity index (χ0) is 25.9. The molecule has 4 aliphatic carbocycles. The first kappa shape index (κ1) is 24.8. The van der Waals surface area contributed by atoms with Gasteiger partial charge in [0.15, 0.2) is 5.13 Å². The van der Waals surface area contributed by atoms with Crippen LogP contribution >= 0.6 is 11.3 Å². The summed E-state index contributed by atoms with van der Waals surface area (Å²) in [4.78, 5) is 18.2. The fourth-order valence-corrected chi connectivity index (χ4v) is 9.50. The summed E-state index contributed by atoms with van der Waals surface area (Å²) in [5.74, 6) is 3.39. The molecule has 37 heavy (non-hydrogen) atoms. The molecule has 0 unspecified atom stereocenters. The summed E-state index contributed by atoms with van der Waals surface area (Å²) >= 11 is 1.77. The smallest absolute Gasteiger partial charge is 0.302 e. The number of allylic oxidation sites excluding steroid dienone is 2. The van der Waals surface area contributed by atoms with E-state index >= 15 is 0 Å². The maximum atomic E-state index is 11.8. The molecule has 0 saturated heterocycles. The molecule has 0 spiro atoms. The number of fused-ring (bicyclic) bond motifs is 7. The Bertz CT molecular complexity index is 1250. The highest BCUT2D eigenvalue weighted by Crippen LogP contribution is 2.66. The van der Waals surface area contributed by atoms with E-state index in [1.54, 1.807) is 32.5 Å². The van der Waals surface area contributed by atoms with Crippen molar-refractivity contribution in [3.05, 3.63) is 34.8 Å². The highest BCUT2D eigenvalue weighted by molar-refractivity contribution is 7.16. The summed E-state index contributed by atoms with van der Waals surface area (Å²) in [6.45, 7) is 6.46. The van der Waals surface area contributed by atoms with E-state index in [9.17, 15) is 4.79 Å². The Morgan fingerprint density at radius 2 is 1.95 bits per heavy atom. The summed E-state index contributed by atoms with van der Waals surface area (Å²) in [6, 6.07) is 5.78. The number of carbonyl (C=O) groups excluding carboxylic acids is 1. The molecular formula is C30H38N2O4S. The molecule has 2 saturated carbocycles. The monoisotopic (exact) mass is 522 g/mol. The van der Waals surface area contributed by atoms with Gasteiger partial charge < -0.3 is 19.5 Å². The van der Waals surface area contributed by atoms with Crippen LogP contribution in [0.5, 0.6) is 11.5 Å². The second kappa shape index (κ2) is 9.04. The van der Waals surface area contributed by atoms with Gasteiger partial charge in [0.05, 0.1) is 30.5 Å². The molecule has 2 aromatic rings. The lowest BCUT2D eigenvalue weighted by Gasteiger charge is -2.56. The SMILES string of the molecule is COc1ccc(OC)c(Nc2nc3c(s2)C2=CC[C@H]4[C@@H]5CC[C@H](OC(C)=O)[C@@]5(C)CC[C@@H]4[C@@]2(C)CC3)c1. The molecule has 7 heteroatoms. The van der Waals surface area contributed by atoms with E-state index in [4.69, 9.17) is 19.2 Å². The molecule has 0 aliphatic heterocycles. The number of anilines is 2. The average molecular weight is 523 g/mol. The van der Waals surface area contributed by atoms with E-state index in [-0.39, 0.29) is 22.9 Å². The maximum absolute atomic E-state index is 11.8. The molecule has 1 N–H and O–H groups in total. The van der Waals surface area contributed by atoms with Gasteiger partial charge >= 0.3 is 5.97 Å². The number of hydrogen-bond acceptors (Lipinski definition) is 7. The minimum atomic E-state index is -0.132. The normalized spacial score (nSPS) is 33.8. The number of aromatic nitrogens is 1. The van der Waals surface area contributed by atoms with E-state index in [1.165, 1.54) is 29.0 Å². The van der Waals surface area contributed by atoms with Crippen molar-refractivity contribution in [3.8, 4) is 11.5 Å². The lowest BCUT2D eigenvalue weighted by Crippen LogP contribution is -2.50. The first-order valence-corrected chi connectivity index (χ1v) is 14.5. The van der Waals surface area contributed by atoms with Crippen LogP contribution in [0.25, 0.3) is 5.57 Å². The third kappa shape index (κ3) is 3.87. The number of thiazole rings is 1. The van der Waals surface area contributed by atoms with Crippen molar-refractivity contribution >= 4 is 33.7 Å². The van der Waals surface area contributed by atoms with Crippen LogP contribution in [-0.2, 0) is 16.0 Å². The standard InChI is InChI=1S/C30H38N2O4S/c1-17(33)36-26-11-9-20-19-7-8-22-27-23(13-15-29(22,2)21(19)12-14-30(20,26)3)31-28(37-27)32-24-16-18(34-4)6-10-25(24)35-5/h6,8,10,16,19-21,26H,7,9,11-15H2,1-5H3,(H,31,32)/t19-,20-,21-,26-,29+,30-/m0/s1. The number of nitrogens with zero attached hydrogens (tertiary/aromatic N) is 1. The Labute approximate surface area is 223 Å². The van der Waals surface area contributed by atoms with Crippen molar-refractivity contribution in [1.29, 1.82) is 0 Å². The van der Waals surface area contributed by atoms with Crippen molar-refractivity contribution in [2.24, 2.45) is 28.6 Å². The van der Waals surface area contributed by atoms with E-state index in [0.717, 1.165) is 54.4 Å². The maximum Gasteiger partial charge on any atom is 0.302 e. The number of rotatable bonds is 5. The zero-order valence-electron chi connectivity index (χ0n) is 22.6. The second-order valence-corrected chi connectivity index (χ2v) is 12.9. The van der Waals surface area contributed by atoms with Gasteiger partial charge in [0.25, 0.3) is 0 Å². The number of nitrogens with one attached hydrogen (secondary N) is 1. The number of hydrogen-bond donors (Lipinski definition) is 1. The summed E-state index contributed by atoms with van der Waals surface area (Å²) in [6.07, 6.45) is 10.4.